The Balaban J connectivity index is 2.06. The standard InChI is InChI=1S/C17H22N2O/c1-13(2)17(15-7-5-4-6-8-15)19-12-14-9-10-18-16(11-14)20-3/h4-11,13,17,19H,12H2,1-3H3. The van der Waals surface area contributed by atoms with E-state index in [4.69, 9.17) is 4.74 Å². The summed E-state index contributed by atoms with van der Waals surface area (Å²) in [5, 5.41) is 3.62. The number of hydrogen-bond donors (Lipinski definition) is 1. The van der Waals surface area contributed by atoms with Crippen LogP contribution in [0.2, 0.25) is 0 Å². The van der Waals surface area contributed by atoms with E-state index in [0.29, 0.717) is 17.8 Å². The van der Waals surface area contributed by atoms with Gasteiger partial charge in [0.25, 0.3) is 0 Å². The van der Waals surface area contributed by atoms with Crippen LogP contribution in [-0.2, 0) is 6.54 Å². The molecule has 2 aromatic rings. The van der Waals surface area contributed by atoms with Crippen LogP contribution >= 0.6 is 0 Å². The summed E-state index contributed by atoms with van der Waals surface area (Å²) in [5.74, 6) is 1.19. The third kappa shape index (κ3) is 3.81. The van der Waals surface area contributed by atoms with Crippen LogP contribution in [0, 0.1) is 5.92 Å². The minimum absolute atomic E-state index is 0.343. The summed E-state index contributed by atoms with van der Waals surface area (Å²) in [5.41, 5.74) is 2.50. The zero-order chi connectivity index (χ0) is 14.4. The molecule has 0 aliphatic heterocycles. The Hall–Kier alpha value is -1.87. The molecule has 0 fully saturated rings. The largest absolute Gasteiger partial charge is 0.481 e. The number of hydrogen-bond acceptors (Lipinski definition) is 3. The van der Waals surface area contributed by atoms with E-state index in [0.717, 1.165) is 6.54 Å². The minimum atomic E-state index is 0.343. The fraction of sp³-hybridized carbons (Fsp3) is 0.353. The second-order valence-electron chi connectivity index (χ2n) is 5.22. The maximum Gasteiger partial charge on any atom is 0.213 e. The minimum Gasteiger partial charge on any atom is -0.481 e. The molecule has 2 rings (SSSR count). The van der Waals surface area contributed by atoms with Crippen LogP contribution in [0.4, 0.5) is 0 Å². The van der Waals surface area contributed by atoms with E-state index < -0.39 is 0 Å². The van der Waals surface area contributed by atoms with E-state index in [1.54, 1.807) is 13.3 Å². The number of aromatic nitrogens is 1. The number of nitrogens with one attached hydrogen (secondary N) is 1. The lowest BCUT2D eigenvalue weighted by Gasteiger charge is -2.23. The van der Waals surface area contributed by atoms with Gasteiger partial charge in [-0.3, -0.25) is 0 Å². The summed E-state index contributed by atoms with van der Waals surface area (Å²) in [6, 6.07) is 14.9. The summed E-state index contributed by atoms with van der Waals surface area (Å²) >= 11 is 0. The van der Waals surface area contributed by atoms with Crippen molar-refractivity contribution >= 4 is 0 Å². The highest BCUT2D eigenvalue weighted by atomic mass is 16.5. The molecule has 106 valence electrons. The topological polar surface area (TPSA) is 34.1 Å². The lowest BCUT2D eigenvalue weighted by Crippen LogP contribution is -2.25. The number of rotatable bonds is 6. The van der Waals surface area contributed by atoms with Crippen molar-refractivity contribution in [3.63, 3.8) is 0 Å². The van der Waals surface area contributed by atoms with Gasteiger partial charge < -0.3 is 10.1 Å². The number of benzene rings is 1. The Bertz CT molecular complexity index is 526. The highest BCUT2D eigenvalue weighted by Crippen LogP contribution is 2.22. The first-order chi connectivity index (χ1) is 9.70. The smallest absolute Gasteiger partial charge is 0.213 e. The molecule has 20 heavy (non-hydrogen) atoms. The quantitative estimate of drug-likeness (QED) is 0.871. The maximum atomic E-state index is 5.15. The second-order valence-corrected chi connectivity index (χ2v) is 5.22. The van der Waals surface area contributed by atoms with Gasteiger partial charge in [-0.2, -0.15) is 0 Å². The zero-order valence-corrected chi connectivity index (χ0v) is 12.3. The van der Waals surface area contributed by atoms with Gasteiger partial charge in [-0.1, -0.05) is 44.2 Å². The highest BCUT2D eigenvalue weighted by Gasteiger charge is 2.14. The molecule has 1 aromatic carbocycles. The van der Waals surface area contributed by atoms with Crippen LogP contribution in [-0.4, -0.2) is 12.1 Å². The molecule has 0 amide bonds. The average molecular weight is 270 g/mol. The van der Waals surface area contributed by atoms with Crippen LogP contribution < -0.4 is 10.1 Å². The maximum absolute atomic E-state index is 5.15. The van der Waals surface area contributed by atoms with Gasteiger partial charge >= 0.3 is 0 Å². The van der Waals surface area contributed by atoms with Crippen molar-refractivity contribution in [1.29, 1.82) is 0 Å². The monoisotopic (exact) mass is 270 g/mol. The van der Waals surface area contributed by atoms with Gasteiger partial charge in [-0.25, -0.2) is 4.98 Å². The molecule has 0 radical (unpaired) electrons. The number of ether oxygens (including phenoxy) is 1. The van der Waals surface area contributed by atoms with Crippen molar-refractivity contribution in [3.05, 3.63) is 59.8 Å². The first-order valence-corrected chi connectivity index (χ1v) is 6.98. The van der Waals surface area contributed by atoms with Crippen molar-refractivity contribution in [3.8, 4) is 5.88 Å². The predicted molar refractivity (Wildman–Crippen MR) is 81.6 cm³/mol. The van der Waals surface area contributed by atoms with Gasteiger partial charge in [0.2, 0.25) is 5.88 Å². The molecule has 1 unspecified atom stereocenters. The van der Waals surface area contributed by atoms with Crippen molar-refractivity contribution in [2.24, 2.45) is 5.92 Å². The molecular formula is C17H22N2O. The van der Waals surface area contributed by atoms with E-state index in [1.165, 1.54) is 11.1 Å². The fourth-order valence-electron chi connectivity index (χ4n) is 2.30. The molecule has 1 N–H and O–H groups in total. The first kappa shape index (κ1) is 14.5. The van der Waals surface area contributed by atoms with Crippen molar-refractivity contribution in [1.82, 2.24) is 10.3 Å². The molecule has 0 saturated heterocycles. The molecule has 1 aromatic heterocycles. The summed E-state index contributed by atoms with van der Waals surface area (Å²) in [7, 11) is 1.64. The molecule has 0 saturated carbocycles. The summed E-state index contributed by atoms with van der Waals surface area (Å²) in [6.07, 6.45) is 1.78. The van der Waals surface area contributed by atoms with Gasteiger partial charge in [0.1, 0.15) is 0 Å². The van der Waals surface area contributed by atoms with Gasteiger partial charge in [0, 0.05) is 24.8 Å². The Morgan fingerprint density at radius 2 is 1.90 bits per heavy atom. The molecule has 1 heterocycles. The van der Waals surface area contributed by atoms with Crippen molar-refractivity contribution in [2.45, 2.75) is 26.4 Å². The first-order valence-electron chi connectivity index (χ1n) is 6.98. The van der Waals surface area contributed by atoms with E-state index in [1.807, 2.05) is 12.1 Å². The van der Waals surface area contributed by atoms with E-state index in [9.17, 15) is 0 Å². The van der Waals surface area contributed by atoms with E-state index >= 15 is 0 Å². The normalized spacial score (nSPS) is 12.4. The Kier molecular flexibility index (Phi) is 5.13. The zero-order valence-electron chi connectivity index (χ0n) is 12.3. The third-order valence-electron chi connectivity index (χ3n) is 3.36. The van der Waals surface area contributed by atoms with Gasteiger partial charge in [-0.05, 0) is 23.1 Å². The van der Waals surface area contributed by atoms with E-state index in [-0.39, 0.29) is 0 Å². The molecule has 0 spiro atoms. The van der Waals surface area contributed by atoms with Crippen LogP contribution in [0.3, 0.4) is 0 Å². The molecule has 1 atom stereocenters. The van der Waals surface area contributed by atoms with Gasteiger partial charge in [0.15, 0.2) is 0 Å². The van der Waals surface area contributed by atoms with Crippen molar-refractivity contribution in [2.75, 3.05) is 7.11 Å². The molecule has 3 heteroatoms. The third-order valence-corrected chi connectivity index (χ3v) is 3.36. The average Bonchev–Trinajstić information content (AvgIpc) is 2.48. The lowest BCUT2D eigenvalue weighted by molar-refractivity contribution is 0.393. The van der Waals surface area contributed by atoms with Crippen LogP contribution in [0.1, 0.15) is 31.0 Å². The lowest BCUT2D eigenvalue weighted by atomic mass is 9.96. The van der Waals surface area contributed by atoms with Crippen LogP contribution in [0.5, 0.6) is 5.88 Å². The molecule has 0 aliphatic rings. The van der Waals surface area contributed by atoms with Gasteiger partial charge in [0.05, 0.1) is 7.11 Å². The number of methoxy groups -OCH3 is 1. The molecule has 0 bridgehead atoms. The Morgan fingerprint density at radius 3 is 2.55 bits per heavy atom. The SMILES string of the molecule is COc1cc(CNC(c2ccccc2)C(C)C)ccn1. The summed E-state index contributed by atoms with van der Waals surface area (Å²) in [6.45, 7) is 5.27. The van der Waals surface area contributed by atoms with E-state index in [2.05, 4.69) is 54.5 Å². The molecule has 0 aliphatic carbocycles. The van der Waals surface area contributed by atoms with Gasteiger partial charge in [-0.15, -0.1) is 0 Å². The summed E-state index contributed by atoms with van der Waals surface area (Å²) in [4.78, 5) is 4.13. The summed E-state index contributed by atoms with van der Waals surface area (Å²) < 4.78 is 5.15. The highest BCUT2D eigenvalue weighted by molar-refractivity contribution is 5.22. The predicted octanol–water partition coefficient (Wildman–Crippen LogP) is 3.58. The Morgan fingerprint density at radius 1 is 1.15 bits per heavy atom. The fourth-order valence-corrected chi connectivity index (χ4v) is 2.30. The number of pyridine rings is 1. The Labute approximate surface area is 121 Å². The molecular weight excluding hydrogens is 248 g/mol. The molecule has 3 nitrogen and oxygen atoms in total. The number of nitrogens with zero attached hydrogens (tertiary/aromatic N) is 1. The van der Waals surface area contributed by atoms with Crippen molar-refractivity contribution < 1.29 is 4.74 Å². The van der Waals surface area contributed by atoms with Crippen LogP contribution in [0.15, 0.2) is 48.7 Å². The van der Waals surface area contributed by atoms with Crippen LogP contribution in [0.25, 0.3) is 0 Å². The second kappa shape index (κ2) is 7.06.